The Morgan fingerprint density at radius 2 is 1.75 bits per heavy atom. The highest BCUT2D eigenvalue weighted by atomic mass is 127. The van der Waals surface area contributed by atoms with Crippen molar-refractivity contribution in [3.8, 4) is 0 Å². The van der Waals surface area contributed by atoms with Crippen LogP contribution in [0.25, 0.3) is 0 Å². The molecule has 0 bridgehead atoms. The molecule has 2 aromatic rings. The van der Waals surface area contributed by atoms with Gasteiger partial charge in [-0.05, 0) is 92.0 Å². The minimum atomic E-state index is -0.798. The number of rotatable bonds is 2. The molecule has 0 spiro atoms. The van der Waals surface area contributed by atoms with Gasteiger partial charge in [-0.15, -0.1) is 0 Å². The second kappa shape index (κ2) is 6.81. The largest absolute Gasteiger partial charge is 0.319 e. The average Bonchev–Trinajstić information content (AvgIpc) is 2.37. The first-order valence-electron chi connectivity index (χ1n) is 5.29. The fourth-order valence-corrected chi connectivity index (χ4v) is 3.90. The zero-order valence-corrected chi connectivity index (χ0v) is 16.2. The molecule has 1 amide bonds. The van der Waals surface area contributed by atoms with Crippen molar-refractivity contribution >= 4 is 79.4 Å². The van der Waals surface area contributed by atoms with Crippen LogP contribution in [0.4, 0.5) is 14.5 Å². The maximum absolute atomic E-state index is 13.5. The Labute approximate surface area is 155 Å². The number of anilines is 1. The van der Waals surface area contributed by atoms with Crippen molar-refractivity contribution < 1.29 is 13.6 Å². The van der Waals surface area contributed by atoms with E-state index in [-0.39, 0.29) is 5.69 Å². The van der Waals surface area contributed by atoms with Gasteiger partial charge < -0.3 is 5.32 Å². The summed E-state index contributed by atoms with van der Waals surface area (Å²) in [5.74, 6) is -1.90. The van der Waals surface area contributed by atoms with Gasteiger partial charge >= 0.3 is 0 Å². The van der Waals surface area contributed by atoms with Crippen LogP contribution in [-0.4, -0.2) is 5.91 Å². The molecule has 2 rings (SSSR count). The first-order chi connectivity index (χ1) is 9.38. The SMILES string of the molecule is O=C(Nc1ccc(F)cc1F)c1cc(I)cc(I)c1I. The zero-order valence-electron chi connectivity index (χ0n) is 9.68. The molecule has 0 fully saturated rings. The topological polar surface area (TPSA) is 29.1 Å². The molecule has 0 aliphatic carbocycles. The molecule has 0 saturated heterocycles. The molecule has 0 atom stereocenters. The Morgan fingerprint density at radius 3 is 2.40 bits per heavy atom. The summed E-state index contributed by atoms with van der Waals surface area (Å²) >= 11 is 6.31. The van der Waals surface area contributed by atoms with Gasteiger partial charge in [0, 0.05) is 16.8 Å². The van der Waals surface area contributed by atoms with E-state index in [9.17, 15) is 13.6 Å². The van der Waals surface area contributed by atoms with E-state index < -0.39 is 17.5 Å². The van der Waals surface area contributed by atoms with Crippen molar-refractivity contribution in [3.63, 3.8) is 0 Å². The van der Waals surface area contributed by atoms with E-state index in [0.717, 1.165) is 22.8 Å². The number of carbonyl (C=O) groups is 1. The van der Waals surface area contributed by atoms with Crippen molar-refractivity contribution in [1.29, 1.82) is 0 Å². The van der Waals surface area contributed by atoms with Crippen LogP contribution in [0.2, 0.25) is 0 Å². The Hall–Kier alpha value is -0.0400. The summed E-state index contributed by atoms with van der Waals surface area (Å²) in [7, 11) is 0. The van der Waals surface area contributed by atoms with Crippen molar-refractivity contribution in [2.45, 2.75) is 0 Å². The maximum Gasteiger partial charge on any atom is 0.256 e. The number of benzene rings is 2. The lowest BCUT2D eigenvalue weighted by Gasteiger charge is -2.09. The number of amides is 1. The Balaban J connectivity index is 2.33. The van der Waals surface area contributed by atoms with Crippen molar-refractivity contribution in [3.05, 3.63) is 58.2 Å². The van der Waals surface area contributed by atoms with Gasteiger partial charge in [0.2, 0.25) is 0 Å². The summed E-state index contributed by atoms with van der Waals surface area (Å²) in [5.41, 5.74) is 0.423. The quantitative estimate of drug-likeness (QED) is 0.375. The van der Waals surface area contributed by atoms with Gasteiger partial charge in [-0.1, -0.05) is 0 Å². The van der Waals surface area contributed by atoms with Crippen molar-refractivity contribution in [2.75, 3.05) is 5.32 Å². The van der Waals surface area contributed by atoms with E-state index in [4.69, 9.17) is 0 Å². The molecular formula is C13H6F2I3NO. The lowest BCUT2D eigenvalue weighted by Crippen LogP contribution is -2.15. The van der Waals surface area contributed by atoms with Gasteiger partial charge in [0.1, 0.15) is 11.6 Å². The van der Waals surface area contributed by atoms with Gasteiger partial charge in [-0.25, -0.2) is 8.78 Å². The Kier molecular flexibility index (Phi) is 5.56. The van der Waals surface area contributed by atoms with Crippen molar-refractivity contribution in [2.24, 2.45) is 0 Å². The molecule has 2 nitrogen and oxygen atoms in total. The standard InChI is InChI=1S/C13H6F2I3NO/c14-6-1-2-11(9(15)3-6)19-13(20)8-4-7(16)5-10(17)12(8)18/h1-5H,(H,19,20). The molecule has 0 aliphatic heterocycles. The van der Waals surface area contributed by atoms with Crippen LogP contribution in [0.1, 0.15) is 10.4 Å². The minimum absolute atomic E-state index is 0.0407. The summed E-state index contributed by atoms with van der Waals surface area (Å²) in [6.07, 6.45) is 0. The van der Waals surface area contributed by atoms with Crippen LogP contribution in [0.5, 0.6) is 0 Å². The molecule has 0 aromatic heterocycles. The molecule has 0 radical (unpaired) electrons. The Bertz CT molecular complexity index is 692. The smallest absolute Gasteiger partial charge is 0.256 e. The predicted octanol–water partition coefficient (Wildman–Crippen LogP) is 5.03. The van der Waals surface area contributed by atoms with Crippen LogP contribution < -0.4 is 5.32 Å². The molecular weight excluding hydrogens is 605 g/mol. The number of hydrogen-bond acceptors (Lipinski definition) is 1. The predicted molar refractivity (Wildman–Crippen MR) is 98.9 cm³/mol. The molecule has 20 heavy (non-hydrogen) atoms. The summed E-state index contributed by atoms with van der Waals surface area (Å²) in [4.78, 5) is 12.2. The Morgan fingerprint density at radius 1 is 1.05 bits per heavy atom. The fourth-order valence-electron chi connectivity index (χ4n) is 1.50. The highest BCUT2D eigenvalue weighted by molar-refractivity contribution is 14.1. The van der Waals surface area contributed by atoms with E-state index >= 15 is 0 Å². The second-order valence-electron chi connectivity index (χ2n) is 3.83. The van der Waals surface area contributed by atoms with Gasteiger partial charge in [0.05, 0.1) is 11.3 Å². The molecule has 0 saturated carbocycles. The molecule has 7 heteroatoms. The van der Waals surface area contributed by atoms with E-state index in [1.165, 1.54) is 6.07 Å². The number of nitrogens with one attached hydrogen (secondary N) is 1. The monoisotopic (exact) mass is 611 g/mol. The average molecular weight is 611 g/mol. The highest BCUT2D eigenvalue weighted by Crippen LogP contribution is 2.24. The molecule has 104 valence electrons. The lowest BCUT2D eigenvalue weighted by molar-refractivity contribution is 0.102. The maximum atomic E-state index is 13.5. The van der Waals surface area contributed by atoms with Crippen LogP contribution in [-0.2, 0) is 0 Å². The molecule has 0 heterocycles. The first-order valence-corrected chi connectivity index (χ1v) is 8.53. The zero-order chi connectivity index (χ0) is 14.9. The minimum Gasteiger partial charge on any atom is -0.319 e. The highest BCUT2D eigenvalue weighted by Gasteiger charge is 2.15. The first kappa shape index (κ1) is 16.3. The molecule has 0 aliphatic rings. The van der Waals surface area contributed by atoms with Crippen LogP contribution in [0.3, 0.4) is 0 Å². The van der Waals surface area contributed by atoms with E-state index in [0.29, 0.717) is 5.56 Å². The van der Waals surface area contributed by atoms with Crippen molar-refractivity contribution in [1.82, 2.24) is 0 Å². The number of carbonyl (C=O) groups excluding carboxylic acids is 1. The van der Waals surface area contributed by atoms with Crippen LogP contribution >= 0.6 is 67.8 Å². The summed E-state index contributed by atoms with van der Waals surface area (Å²) in [5, 5.41) is 2.46. The van der Waals surface area contributed by atoms with Gasteiger partial charge in [0.25, 0.3) is 5.91 Å². The van der Waals surface area contributed by atoms with E-state index in [2.05, 4.69) is 73.1 Å². The van der Waals surface area contributed by atoms with E-state index in [1.807, 2.05) is 6.07 Å². The lowest BCUT2D eigenvalue weighted by atomic mass is 10.2. The summed E-state index contributed by atoms with van der Waals surface area (Å²) in [6, 6.07) is 6.70. The van der Waals surface area contributed by atoms with Gasteiger partial charge in [-0.3, -0.25) is 4.79 Å². The second-order valence-corrected chi connectivity index (χ2v) is 7.31. The molecule has 0 unspecified atom stereocenters. The van der Waals surface area contributed by atoms with Gasteiger partial charge in [-0.2, -0.15) is 0 Å². The third-order valence-electron chi connectivity index (χ3n) is 2.42. The number of hydrogen-bond donors (Lipinski definition) is 1. The van der Waals surface area contributed by atoms with E-state index in [1.54, 1.807) is 6.07 Å². The third kappa shape index (κ3) is 3.78. The summed E-state index contributed by atoms with van der Waals surface area (Å²) < 4.78 is 29.0. The molecule has 2 aromatic carbocycles. The third-order valence-corrected chi connectivity index (χ3v) is 6.08. The summed E-state index contributed by atoms with van der Waals surface area (Å²) in [6.45, 7) is 0. The van der Waals surface area contributed by atoms with Gasteiger partial charge in [0.15, 0.2) is 0 Å². The number of halogens is 5. The molecule has 1 N–H and O–H groups in total. The normalized spacial score (nSPS) is 10.4. The van der Waals surface area contributed by atoms with Crippen LogP contribution in [0.15, 0.2) is 30.3 Å². The van der Waals surface area contributed by atoms with Crippen LogP contribution in [0, 0.1) is 22.3 Å². The fraction of sp³-hybridized carbons (Fsp3) is 0.